The van der Waals surface area contributed by atoms with Crippen LogP contribution in [0.25, 0.3) is 0 Å². The molecule has 1 aromatic heterocycles. The number of rotatable bonds is 11. The predicted octanol–water partition coefficient (Wildman–Crippen LogP) is 3.18. The van der Waals surface area contributed by atoms with Gasteiger partial charge in [-0.3, -0.25) is 29.7 Å². The highest BCUT2D eigenvalue weighted by Crippen LogP contribution is 2.36. The number of hydrogen-bond acceptors (Lipinski definition) is 12. The molecule has 0 fully saturated rings. The lowest BCUT2D eigenvalue weighted by atomic mass is 10.1. The minimum atomic E-state index is -4.13. The summed E-state index contributed by atoms with van der Waals surface area (Å²) in [5, 5.41) is 28.3. The highest BCUT2D eigenvalue weighted by Gasteiger charge is 2.29. The van der Waals surface area contributed by atoms with Crippen LogP contribution in [0.15, 0.2) is 47.4 Å². The molecule has 0 atom stereocenters. The highest BCUT2D eigenvalue weighted by molar-refractivity contribution is 7.92. The van der Waals surface area contributed by atoms with Gasteiger partial charge in [-0.2, -0.15) is 9.97 Å². The van der Waals surface area contributed by atoms with Crippen molar-refractivity contribution in [2.75, 3.05) is 29.6 Å². The summed E-state index contributed by atoms with van der Waals surface area (Å²) in [6.07, 6.45) is 0. The third-order valence-electron chi connectivity index (χ3n) is 4.92. The van der Waals surface area contributed by atoms with Gasteiger partial charge in [-0.15, -0.1) is 0 Å². The van der Waals surface area contributed by atoms with Crippen LogP contribution in [0.2, 0.25) is 0 Å². The lowest BCUT2D eigenvalue weighted by Crippen LogP contribution is -2.17. The van der Waals surface area contributed by atoms with E-state index in [0.717, 1.165) is 12.1 Å². The van der Waals surface area contributed by atoms with Gasteiger partial charge in [-0.25, -0.2) is 8.42 Å². The van der Waals surface area contributed by atoms with Crippen molar-refractivity contribution in [3.05, 3.63) is 68.3 Å². The van der Waals surface area contributed by atoms with E-state index < -0.39 is 37.2 Å². The summed E-state index contributed by atoms with van der Waals surface area (Å²) in [4.78, 5) is 41.9. The van der Waals surface area contributed by atoms with Gasteiger partial charge >= 0.3 is 6.01 Å². The molecule has 3 aromatic rings. The third kappa shape index (κ3) is 6.83. The van der Waals surface area contributed by atoms with Crippen LogP contribution in [0.1, 0.15) is 24.2 Å². The number of amides is 1. The molecule has 2 aromatic carbocycles. The number of nitro groups is 2. The molecule has 3 N–H and O–H groups in total. The van der Waals surface area contributed by atoms with Crippen molar-refractivity contribution in [3.8, 4) is 11.9 Å². The number of ether oxygens (including phenoxy) is 2. The number of nitrogens with zero attached hydrogens (tertiary/aromatic N) is 4. The fourth-order valence-electron chi connectivity index (χ4n) is 3.24. The van der Waals surface area contributed by atoms with E-state index in [1.807, 2.05) is 0 Å². The van der Waals surface area contributed by atoms with E-state index in [-0.39, 0.29) is 45.6 Å². The van der Waals surface area contributed by atoms with Gasteiger partial charge in [0, 0.05) is 29.9 Å². The monoisotopic (exact) mass is 561 g/mol. The summed E-state index contributed by atoms with van der Waals surface area (Å²) in [6.45, 7) is 3.30. The zero-order valence-electron chi connectivity index (χ0n) is 21.0. The molecule has 0 radical (unpaired) electrons. The second-order valence-corrected chi connectivity index (χ2v) is 9.75. The number of anilines is 3. The normalized spacial score (nSPS) is 11.0. The molecular weight excluding hydrogens is 538 g/mol. The molecule has 0 bridgehead atoms. The van der Waals surface area contributed by atoms with Crippen molar-refractivity contribution in [2.24, 2.45) is 0 Å². The predicted molar refractivity (Wildman–Crippen MR) is 139 cm³/mol. The van der Waals surface area contributed by atoms with Gasteiger partial charge in [0.2, 0.25) is 5.88 Å². The molecule has 0 aliphatic carbocycles. The van der Waals surface area contributed by atoms with Crippen molar-refractivity contribution in [1.82, 2.24) is 9.97 Å². The lowest BCUT2D eigenvalue weighted by Gasteiger charge is -2.12. The molecule has 0 saturated carbocycles. The van der Waals surface area contributed by atoms with Crippen LogP contribution in [0.3, 0.4) is 0 Å². The van der Waals surface area contributed by atoms with E-state index in [9.17, 15) is 33.4 Å². The number of nitrogens with one attached hydrogen (secondary N) is 3. The Hall–Kier alpha value is -5.06. The van der Waals surface area contributed by atoms with E-state index in [2.05, 4.69) is 25.3 Å². The maximum Gasteiger partial charge on any atom is 0.321 e. The number of nitro benzene ring substituents is 2. The van der Waals surface area contributed by atoms with Gasteiger partial charge < -0.3 is 20.1 Å². The van der Waals surface area contributed by atoms with Crippen LogP contribution in [-0.4, -0.2) is 54.4 Å². The summed E-state index contributed by atoms with van der Waals surface area (Å²) in [5.74, 6) is -0.938. The Balaban J connectivity index is 1.85. The fraction of sp³-hybridized carbons (Fsp3) is 0.227. The average Bonchev–Trinajstić information content (AvgIpc) is 2.87. The van der Waals surface area contributed by atoms with E-state index >= 15 is 0 Å². The molecule has 16 nitrogen and oxygen atoms in total. The SMILES string of the molecule is COc1cc(NS(=O)(=O)c2ccc(NC(=O)c3cc([N+](=O)[O-])c(NC(C)C)c([N+](=O)[O-])c3)cc2)nc(OC)n1. The van der Waals surface area contributed by atoms with Crippen molar-refractivity contribution in [2.45, 2.75) is 24.8 Å². The first kappa shape index (κ1) is 28.5. The highest BCUT2D eigenvalue weighted by atomic mass is 32.2. The van der Waals surface area contributed by atoms with E-state index in [1.54, 1.807) is 13.8 Å². The van der Waals surface area contributed by atoms with Crippen molar-refractivity contribution < 1.29 is 32.5 Å². The van der Waals surface area contributed by atoms with Gasteiger partial charge in [0.15, 0.2) is 11.5 Å². The quantitative estimate of drug-likeness (QED) is 0.227. The van der Waals surface area contributed by atoms with Crippen molar-refractivity contribution in [3.63, 3.8) is 0 Å². The molecule has 0 unspecified atom stereocenters. The Morgan fingerprint density at radius 3 is 2.03 bits per heavy atom. The molecular formula is C22H23N7O9S. The smallest absolute Gasteiger partial charge is 0.321 e. The van der Waals surface area contributed by atoms with Gasteiger partial charge in [-0.1, -0.05) is 0 Å². The second kappa shape index (κ2) is 11.5. The van der Waals surface area contributed by atoms with E-state index in [1.165, 1.54) is 44.6 Å². The number of carbonyl (C=O) groups excluding carboxylic acids is 1. The van der Waals surface area contributed by atoms with Gasteiger partial charge in [-0.05, 0) is 38.1 Å². The summed E-state index contributed by atoms with van der Waals surface area (Å²) in [5.41, 5.74) is -1.83. The molecule has 39 heavy (non-hydrogen) atoms. The fourth-order valence-corrected chi connectivity index (χ4v) is 4.23. The van der Waals surface area contributed by atoms with E-state index in [0.29, 0.717) is 0 Å². The Bertz CT molecular complexity index is 1470. The number of hydrogen-bond donors (Lipinski definition) is 3. The molecule has 0 aliphatic heterocycles. The number of aromatic nitrogens is 2. The standard InChI is InChI=1S/C22H23N7O9S/c1-12(2)23-20-16(28(31)32)9-13(10-17(20)29(33)34)21(30)24-14-5-7-15(8-6-14)39(35,36)27-18-11-19(37-3)26-22(25-18)38-4/h5-12,23H,1-4H3,(H,24,30)(H,25,26,27). The molecule has 0 aliphatic rings. The Morgan fingerprint density at radius 1 is 0.949 bits per heavy atom. The Morgan fingerprint density at radius 2 is 1.54 bits per heavy atom. The van der Waals surface area contributed by atoms with Gasteiger partial charge in [0.1, 0.15) is 0 Å². The summed E-state index contributed by atoms with van der Waals surface area (Å²) < 4.78 is 37.7. The minimum absolute atomic E-state index is 0.0612. The second-order valence-electron chi connectivity index (χ2n) is 8.07. The van der Waals surface area contributed by atoms with Crippen molar-refractivity contribution >= 4 is 44.5 Å². The largest absolute Gasteiger partial charge is 0.481 e. The van der Waals surface area contributed by atoms with E-state index in [4.69, 9.17) is 9.47 Å². The zero-order valence-corrected chi connectivity index (χ0v) is 21.8. The Labute approximate surface area is 221 Å². The van der Waals surface area contributed by atoms with Crippen LogP contribution in [0.5, 0.6) is 11.9 Å². The minimum Gasteiger partial charge on any atom is -0.481 e. The first-order valence-corrected chi connectivity index (χ1v) is 12.5. The maximum atomic E-state index is 12.8. The number of sulfonamides is 1. The van der Waals surface area contributed by atoms with Crippen LogP contribution >= 0.6 is 0 Å². The van der Waals surface area contributed by atoms with Crippen LogP contribution < -0.4 is 24.8 Å². The molecule has 1 heterocycles. The first-order valence-electron chi connectivity index (χ1n) is 11.0. The topological polar surface area (TPSA) is 218 Å². The molecule has 0 saturated heterocycles. The van der Waals surface area contributed by atoms with Crippen LogP contribution in [0, 0.1) is 20.2 Å². The number of methoxy groups -OCH3 is 2. The van der Waals surface area contributed by atoms with Gasteiger partial charge in [0.25, 0.3) is 27.3 Å². The summed E-state index contributed by atoms with van der Waals surface area (Å²) in [6, 6.07) is 7.51. The maximum absolute atomic E-state index is 12.8. The summed E-state index contributed by atoms with van der Waals surface area (Å²) in [7, 11) is -1.49. The molecule has 0 spiro atoms. The molecule has 206 valence electrons. The number of benzene rings is 2. The van der Waals surface area contributed by atoms with Crippen molar-refractivity contribution in [1.29, 1.82) is 0 Å². The third-order valence-corrected chi connectivity index (χ3v) is 6.29. The number of carbonyl (C=O) groups is 1. The molecule has 3 rings (SSSR count). The van der Waals surface area contributed by atoms with Gasteiger partial charge in [0.05, 0.1) is 34.5 Å². The summed E-state index contributed by atoms with van der Waals surface area (Å²) >= 11 is 0. The Kier molecular flexibility index (Phi) is 8.44. The first-order chi connectivity index (χ1) is 18.3. The average molecular weight is 562 g/mol. The lowest BCUT2D eigenvalue weighted by molar-refractivity contribution is -0.392. The molecule has 17 heteroatoms. The van der Waals surface area contributed by atoms with Crippen LogP contribution in [-0.2, 0) is 10.0 Å². The zero-order chi connectivity index (χ0) is 28.9. The van der Waals surface area contributed by atoms with Crippen LogP contribution in [0.4, 0.5) is 28.6 Å². The molecule has 1 amide bonds.